The first-order valence-electron chi connectivity index (χ1n) is 10.5. The van der Waals surface area contributed by atoms with Gasteiger partial charge >= 0.3 is 0 Å². The molecule has 3 aromatic rings. The van der Waals surface area contributed by atoms with Crippen molar-refractivity contribution in [1.82, 2.24) is 29.0 Å². The summed E-state index contributed by atoms with van der Waals surface area (Å²) in [4.78, 5) is 42.7. The highest BCUT2D eigenvalue weighted by Gasteiger charge is 2.37. The summed E-state index contributed by atoms with van der Waals surface area (Å²) in [5.74, 6) is 0.436. The third kappa shape index (κ3) is 4.01. The van der Waals surface area contributed by atoms with Gasteiger partial charge in [-0.3, -0.25) is 14.4 Å². The van der Waals surface area contributed by atoms with Gasteiger partial charge in [0.05, 0.1) is 0 Å². The molecule has 2 aliphatic heterocycles. The lowest BCUT2D eigenvalue weighted by atomic mass is 9.83. The van der Waals surface area contributed by atoms with E-state index < -0.39 is 0 Å². The lowest BCUT2D eigenvalue weighted by Gasteiger charge is -2.43. The van der Waals surface area contributed by atoms with Gasteiger partial charge in [0.25, 0.3) is 17.9 Å². The lowest BCUT2D eigenvalue weighted by Crippen LogP contribution is -2.49. The van der Waals surface area contributed by atoms with E-state index in [0.717, 1.165) is 17.7 Å². The number of nitrogens with zero attached hydrogens (tertiary/aromatic N) is 6. The summed E-state index contributed by atoms with van der Waals surface area (Å²) in [7, 11) is 3.94. The van der Waals surface area contributed by atoms with Crippen molar-refractivity contribution in [2.75, 3.05) is 27.2 Å². The van der Waals surface area contributed by atoms with Crippen molar-refractivity contribution in [2.24, 2.45) is 5.92 Å². The highest BCUT2D eigenvalue weighted by molar-refractivity contribution is 5.93. The van der Waals surface area contributed by atoms with Crippen molar-refractivity contribution in [3.8, 4) is 0 Å². The third-order valence-electron chi connectivity index (χ3n) is 5.98. The Balaban J connectivity index is 0.000000775. The first kappa shape index (κ1) is 21.7. The summed E-state index contributed by atoms with van der Waals surface area (Å²) in [5.41, 5.74) is 3.17. The first-order chi connectivity index (χ1) is 15.4. The normalized spacial score (nSPS) is 19.3. The monoisotopic (exact) mass is 438 g/mol. The minimum atomic E-state index is -0.250. The van der Waals surface area contributed by atoms with Crippen LogP contribution in [0.2, 0.25) is 0 Å². The SMILES string of the molecule is CN(C)Cc1ccc2n(c1=O)C[C@H]1C[C@@H]2CN(C(=O)c2cccc3ncnn23)C1.O=CO. The van der Waals surface area contributed by atoms with Crippen molar-refractivity contribution in [3.05, 3.63) is 64.0 Å². The molecule has 0 unspecified atom stereocenters. The molecule has 1 N–H and O–H groups in total. The topological polar surface area (TPSA) is 113 Å². The molecule has 1 saturated heterocycles. The summed E-state index contributed by atoms with van der Waals surface area (Å²) in [6.45, 7) is 2.33. The number of carboxylic acid groups (broad SMARTS) is 1. The van der Waals surface area contributed by atoms with Crippen LogP contribution in [0.3, 0.4) is 0 Å². The number of rotatable bonds is 3. The fraction of sp³-hybridized carbons (Fsp3) is 0.409. The Bertz CT molecular complexity index is 1200. The van der Waals surface area contributed by atoms with Crippen molar-refractivity contribution in [2.45, 2.75) is 25.4 Å². The second-order valence-corrected chi connectivity index (χ2v) is 8.49. The molecule has 5 heterocycles. The molecule has 2 aliphatic rings. The quantitative estimate of drug-likeness (QED) is 0.605. The zero-order chi connectivity index (χ0) is 22.8. The van der Waals surface area contributed by atoms with Gasteiger partial charge in [0.1, 0.15) is 12.0 Å². The Hall–Kier alpha value is -3.53. The molecule has 1 fully saturated rings. The molecule has 10 nitrogen and oxygen atoms in total. The van der Waals surface area contributed by atoms with Crippen LogP contribution >= 0.6 is 0 Å². The Labute approximate surface area is 184 Å². The van der Waals surface area contributed by atoms with Gasteiger partial charge in [-0.2, -0.15) is 5.10 Å². The molecule has 0 spiro atoms. The van der Waals surface area contributed by atoms with Crippen LogP contribution in [-0.2, 0) is 17.9 Å². The van der Waals surface area contributed by atoms with Gasteiger partial charge < -0.3 is 19.5 Å². The van der Waals surface area contributed by atoms with Crippen LogP contribution in [0.15, 0.2) is 41.5 Å². The largest absolute Gasteiger partial charge is 0.483 e. The number of pyridine rings is 2. The molecule has 0 aromatic carbocycles. The molecule has 1 amide bonds. The Morgan fingerprint density at radius 1 is 1.22 bits per heavy atom. The van der Waals surface area contributed by atoms with Gasteiger partial charge in [0.2, 0.25) is 0 Å². The van der Waals surface area contributed by atoms with E-state index >= 15 is 0 Å². The van der Waals surface area contributed by atoms with E-state index in [4.69, 9.17) is 9.90 Å². The smallest absolute Gasteiger partial charge is 0.290 e. The second-order valence-electron chi connectivity index (χ2n) is 8.49. The number of aromatic nitrogens is 4. The fourth-order valence-corrected chi connectivity index (χ4v) is 4.79. The molecule has 5 rings (SSSR count). The van der Waals surface area contributed by atoms with E-state index in [0.29, 0.717) is 37.5 Å². The predicted octanol–water partition coefficient (Wildman–Crippen LogP) is 0.913. The summed E-state index contributed by atoms with van der Waals surface area (Å²) >= 11 is 0. The maximum atomic E-state index is 13.3. The van der Waals surface area contributed by atoms with Crippen molar-refractivity contribution >= 4 is 18.0 Å². The number of amides is 1. The number of carbonyl (C=O) groups is 2. The second kappa shape index (κ2) is 8.91. The minimum Gasteiger partial charge on any atom is -0.483 e. The maximum absolute atomic E-state index is 13.3. The van der Waals surface area contributed by atoms with E-state index in [9.17, 15) is 9.59 Å². The van der Waals surface area contributed by atoms with Gasteiger partial charge in [-0.05, 0) is 44.6 Å². The molecule has 10 heteroatoms. The molecule has 0 aliphatic carbocycles. The lowest BCUT2D eigenvalue weighted by molar-refractivity contribution is -0.122. The molecular formula is C22H26N6O4. The number of likely N-dealkylation sites (tertiary alicyclic amines) is 1. The minimum absolute atomic E-state index is 0.0316. The van der Waals surface area contributed by atoms with Crippen LogP contribution in [0.4, 0.5) is 0 Å². The predicted molar refractivity (Wildman–Crippen MR) is 117 cm³/mol. The van der Waals surface area contributed by atoms with E-state index in [1.165, 1.54) is 6.33 Å². The third-order valence-corrected chi connectivity index (χ3v) is 5.98. The fourth-order valence-electron chi connectivity index (χ4n) is 4.79. The number of hydrogen-bond donors (Lipinski definition) is 1. The van der Waals surface area contributed by atoms with Gasteiger partial charge in [0, 0.05) is 43.4 Å². The highest BCUT2D eigenvalue weighted by atomic mass is 16.3. The Kier molecular flexibility index (Phi) is 6.04. The Morgan fingerprint density at radius 2 is 2.00 bits per heavy atom. The van der Waals surface area contributed by atoms with Crippen molar-refractivity contribution < 1.29 is 14.7 Å². The van der Waals surface area contributed by atoms with Gasteiger partial charge in [-0.15, -0.1) is 0 Å². The van der Waals surface area contributed by atoms with E-state index in [2.05, 4.69) is 16.1 Å². The van der Waals surface area contributed by atoms with Crippen LogP contribution in [0.5, 0.6) is 0 Å². The first-order valence-corrected chi connectivity index (χ1v) is 10.5. The number of piperidine rings is 1. The van der Waals surface area contributed by atoms with Gasteiger partial charge in [-0.1, -0.05) is 12.1 Å². The zero-order valence-corrected chi connectivity index (χ0v) is 18.1. The number of hydrogen-bond acceptors (Lipinski definition) is 6. The summed E-state index contributed by atoms with van der Waals surface area (Å²) in [6.07, 6.45) is 2.48. The summed E-state index contributed by atoms with van der Waals surface area (Å²) in [6, 6.07) is 9.49. The molecule has 3 aromatic heterocycles. The molecule has 32 heavy (non-hydrogen) atoms. The summed E-state index contributed by atoms with van der Waals surface area (Å²) in [5, 5.41) is 11.1. The van der Waals surface area contributed by atoms with Crippen LogP contribution in [0.25, 0.3) is 5.65 Å². The van der Waals surface area contributed by atoms with Crippen LogP contribution in [0.1, 0.15) is 34.1 Å². The van der Waals surface area contributed by atoms with Crippen LogP contribution in [0, 0.1) is 5.92 Å². The zero-order valence-electron chi connectivity index (χ0n) is 18.1. The highest BCUT2D eigenvalue weighted by Crippen LogP contribution is 2.35. The van der Waals surface area contributed by atoms with E-state index in [1.807, 2.05) is 46.7 Å². The molecule has 0 radical (unpaired) electrons. The average Bonchev–Trinajstić information content (AvgIpc) is 3.25. The van der Waals surface area contributed by atoms with Crippen LogP contribution in [-0.4, -0.2) is 73.6 Å². The molecule has 168 valence electrons. The van der Waals surface area contributed by atoms with Crippen molar-refractivity contribution in [1.29, 1.82) is 0 Å². The average molecular weight is 438 g/mol. The van der Waals surface area contributed by atoms with Gasteiger partial charge in [-0.25, -0.2) is 9.50 Å². The maximum Gasteiger partial charge on any atom is 0.290 e. The van der Waals surface area contributed by atoms with Gasteiger partial charge in [0.15, 0.2) is 5.65 Å². The molecular weight excluding hydrogens is 412 g/mol. The number of carbonyl (C=O) groups excluding carboxylic acids is 1. The van der Waals surface area contributed by atoms with E-state index in [-0.39, 0.29) is 29.8 Å². The standard InChI is InChI=1S/C21H24N6O2.CH2O2/c1-24(2)11-15-6-7-17-16-8-14(10-26(17)20(15)28)9-25(12-16)21(29)18-4-3-5-19-22-13-23-27(18)19;2-1-3/h3-7,13-14,16H,8-12H2,1-2H3;1H,(H,2,3)/t14-,16+;/m0./s1. The molecule has 2 atom stereocenters. The Morgan fingerprint density at radius 3 is 2.75 bits per heavy atom. The number of fused-ring (bicyclic) bond motifs is 5. The molecule has 2 bridgehead atoms. The molecule has 0 saturated carbocycles. The van der Waals surface area contributed by atoms with Crippen LogP contribution < -0.4 is 5.56 Å². The van der Waals surface area contributed by atoms with E-state index in [1.54, 1.807) is 10.6 Å². The van der Waals surface area contributed by atoms with Crippen molar-refractivity contribution in [3.63, 3.8) is 0 Å². The summed E-state index contributed by atoms with van der Waals surface area (Å²) < 4.78 is 3.54.